The van der Waals surface area contributed by atoms with Crippen molar-refractivity contribution in [2.75, 3.05) is 6.54 Å². The summed E-state index contributed by atoms with van der Waals surface area (Å²) in [6.45, 7) is 1.05. The van der Waals surface area contributed by atoms with E-state index in [1.54, 1.807) is 6.07 Å². The highest BCUT2D eigenvalue weighted by atomic mass is 19.2. The normalized spacial score (nSPS) is 35.1. The maximum Gasteiger partial charge on any atom is 0.159 e. The Balaban J connectivity index is 1.50. The molecule has 4 rings (SSSR count). The van der Waals surface area contributed by atoms with Crippen LogP contribution in [0.2, 0.25) is 0 Å². The van der Waals surface area contributed by atoms with Crippen molar-refractivity contribution in [1.29, 1.82) is 0 Å². The lowest BCUT2D eigenvalue weighted by Crippen LogP contribution is -2.36. The van der Waals surface area contributed by atoms with Crippen LogP contribution in [0.25, 0.3) is 0 Å². The van der Waals surface area contributed by atoms with Crippen LogP contribution in [-0.4, -0.2) is 12.6 Å². The van der Waals surface area contributed by atoms with E-state index in [0.29, 0.717) is 6.04 Å². The number of nitrogens with one attached hydrogen (secondary N) is 1. The highest BCUT2D eigenvalue weighted by molar-refractivity contribution is 5.21. The van der Waals surface area contributed by atoms with Gasteiger partial charge in [-0.1, -0.05) is 6.07 Å². The van der Waals surface area contributed by atoms with Crippen LogP contribution in [0.3, 0.4) is 0 Å². The summed E-state index contributed by atoms with van der Waals surface area (Å²) in [6.07, 6.45) is 7.40. The second kappa shape index (κ2) is 4.52. The molecule has 0 aliphatic heterocycles. The van der Waals surface area contributed by atoms with Crippen LogP contribution in [0, 0.1) is 28.9 Å². The van der Waals surface area contributed by atoms with E-state index in [1.807, 2.05) is 0 Å². The first kappa shape index (κ1) is 12.8. The van der Waals surface area contributed by atoms with Gasteiger partial charge < -0.3 is 5.32 Å². The number of halogens is 2. The van der Waals surface area contributed by atoms with Crippen molar-refractivity contribution in [2.24, 2.45) is 17.3 Å². The summed E-state index contributed by atoms with van der Waals surface area (Å²) in [7, 11) is 0. The standard InChI is InChI=1S/C17H21F2N/c18-15-4-1-11(5-16(15)19)7-17(10-20-14-2-3-14)8-12-6-13(12)9-17/h1,4-5,12-14,20H,2-3,6-10H2. The molecule has 3 fully saturated rings. The van der Waals surface area contributed by atoms with Crippen LogP contribution in [0.5, 0.6) is 0 Å². The van der Waals surface area contributed by atoms with E-state index in [4.69, 9.17) is 0 Å². The third-order valence-electron chi connectivity index (χ3n) is 5.37. The Bertz CT molecular complexity index is 514. The van der Waals surface area contributed by atoms with Crippen molar-refractivity contribution in [3.05, 3.63) is 35.4 Å². The minimum Gasteiger partial charge on any atom is -0.313 e. The summed E-state index contributed by atoms with van der Waals surface area (Å²) in [6, 6.07) is 5.12. The van der Waals surface area contributed by atoms with Crippen LogP contribution in [-0.2, 0) is 6.42 Å². The molecule has 20 heavy (non-hydrogen) atoms. The summed E-state index contributed by atoms with van der Waals surface area (Å²) in [5.74, 6) is 0.353. The largest absolute Gasteiger partial charge is 0.313 e. The summed E-state index contributed by atoms with van der Waals surface area (Å²) in [5.41, 5.74) is 1.23. The van der Waals surface area contributed by atoms with Gasteiger partial charge in [0.25, 0.3) is 0 Å². The van der Waals surface area contributed by atoms with Gasteiger partial charge in [-0.25, -0.2) is 8.78 Å². The fourth-order valence-electron chi connectivity index (χ4n) is 4.09. The molecular formula is C17H21F2N. The maximum atomic E-state index is 13.4. The van der Waals surface area contributed by atoms with Gasteiger partial charge in [0.15, 0.2) is 11.6 Å². The fraction of sp³-hybridized carbons (Fsp3) is 0.647. The van der Waals surface area contributed by atoms with Crippen LogP contribution in [0.4, 0.5) is 8.78 Å². The van der Waals surface area contributed by atoms with E-state index < -0.39 is 11.6 Å². The number of hydrogen-bond acceptors (Lipinski definition) is 1. The Labute approximate surface area is 118 Å². The van der Waals surface area contributed by atoms with E-state index in [2.05, 4.69) is 5.32 Å². The topological polar surface area (TPSA) is 12.0 Å². The van der Waals surface area contributed by atoms with Crippen LogP contribution < -0.4 is 5.32 Å². The second-order valence-corrected chi connectivity index (χ2v) is 7.24. The molecule has 3 aliphatic carbocycles. The number of rotatable bonds is 5. The van der Waals surface area contributed by atoms with Gasteiger partial charge in [-0.3, -0.25) is 0 Å². The summed E-state index contributed by atoms with van der Waals surface area (Å²) in [4.78, 5) is 0. The first-order chi connectivity index (χ1) is 9.63. The Morgan fingerprint density at radius 1 is 1.10 bits per heavy atom. The third kappa shape index (κ3) is 2.48. The van der Waals surface area contributed by atoms with Crippen molar-refractivity contribution in [3.63, 3.8) is 0 Å². The van der Waals surface area contributed by atoms with Crippen molar-refractivity contribution in [3.8, 4) is 0 Å². The third-order valence-corrected chi connectivity index (χ3v) is 5.37. The molecule has 3 aliphatic rings. The van der Waals surface area contributed by atoms with Gasteiger partial charge in [-0.05, 0) is 73.5 Å². The van der Waals surface area contributed by atoms with Crippen molar-refractivity contribution in [2.45, 2.75) is 44.6 Å². The average Bonchev–Trinajstić information content (AvgIpc) is 3.33. The SMILES string of the molecule is Fc1ccc(CC2(CNC3CC3)CC3CC3C2)cc1F. The van der Waals surface area contributed by atoms with Gasteiger partial charge in [0.1, 0.15) is 0 Å². The maximum absolute atomic E-state index is 13.4. The molecule has 0 bridgehead atoms. The number of fused-ring (bicyclic) bond motifs is 1. The molecule has 0 saturated heterocycles. The quantitative estimate of drug-likeness (QED) is 0.866. The lowest BCUT2D eigenvalue weighted by atomic mass is 9.77. The second-order valence-electron chi connectivity index (χ2n) is 7.24. The van der Waals surface area contributed by atoms with Crippen LogP contribution >= 0.6 is 0 Å². The van der Waals surface area contributed by atoms with E-state index in [1.165, 1.54) is 44.2 Å². The van der Waals surface area contributed by atoms with Crippen molar-refractivity contribution < 1.29 is 8.78 Å². The highest BCUT2D eigenvalue weighted by Crippen LogP contribution is 2.60. The molecule has 3 saturated carbocycles. The number of benzene rings is 1. The molecule has 3 heteroatoms. The monoisotopic (exact) mass is 277 g/mol. The predicted octanol–water partition coefficient (Wildman–Crippen LogP) is 3.68. The van der Waals surface area contributed by atoms with Crippen molar-refractivity contribution >= 4 is 0 Å². The van der Waals surface area contributed by atoms with E-state index in [-0.39, 0.29) is 5.41 Å². The molecule has 0 amide bonds. The van der Waals surface area contributed by atoms with Crippen LogP contribution in [0.1, 0.15) is 37.7 Å². The first-order valence-electron chi connectivity index (χ1n) is 7.81. The summed E-state index contributed by atoms with van der Waals surface area (Å²) in [5, 5.41) is 3.66. The lowest BCUT2D eigenvalue weighted by Gasteiger charge is -2.32. The van der Waals surface area contributed by atoms with Gasteiger partial charge in [-0.15, -0.1) is 0 Å². The molecule has 2 unspecified atom stereocenters. The molecule has 0 heterocycles. The molecule has 0 spiro atoms. The molecule has 0 radical (unpaired) electrons. The first-order valence-corrected chi connectivity index (χ1v) is 7.81. The smallest absolute Gasteiger partial charge is 0.159 e. The predicted molar refractivity (Wildman–Crippen MR) is 74.4 cm³/mol. The fourth-order valence-corrected chi connectivity index (χ4v) is 4.09. The zero-order valence-electron chi connectivity index (χ0n) is 11.7. The Kier molecular flexibility index (Phi) is 2.88. The Morgan fingerprint density at radius 2 is 1.85 bits per heavy atom. The van der Waals surface area contributed by atoms with Gasteiger partial charge in [0.2, 0.25) is 0 Å². The Hall–Kier alpha value is -0.960. The van der Waals surface area contributed by atoms with E-state index in [9.17, 15) is 8.78 Å². The summed E-state index contributed by atoms with van der Waals surface area (Å²) < 4.78 is 26.4. The highest BCUT2D eigenvalue weighted by Gasteiger charge is 2.53. The minimum absolute atomic E-state index is 0.278. The minimum atomic E-state index is -0.742. The molecule has 1 N–H and O–H groups in total. The average molecular weight is 277 g/mol. The molecule has 1 nitrogen and oxygen atoms in total. The molecule has 108 valence electrons. The zero-order chi connectivity index (χ0) is 13.7. The summed E-state index contributed by atoms with van der Waals surface area (Å²) >= 11 is 0. The molecular weight excluding hydrogens is 256 g/mol. The van der Waals surface area contributed by atoms with Gasteiger partial charge in [-0.2, -0.15) is 0 Å². The van der Waals surface area contributed by atoms with Gasteiger partial charge >= 0.3 is 0 Å². The number of hydrogen-bond donors (Lipinski definition) is 1. The molecule has 1 aromatic carbocycles. The zero-order valence-corrected chi connectivity index (χ0v) is 11.7. The van der Waals surface area contributed by atoms with E-state index >= 15 is 0 Å². The lowest BCUT2D eigenvalue weighted by molar-refractivity contribution is 0.247. The van der Waals surface area contributed by atoms with Gasteiger partial charge in [0.05, 0.1) is 0 Å². The van der Waals surface area contributed by atoms with E-state index in [0.717, 1.165) is 30.4 Å². The van der Waals surface area contributed by atoms with Crippen molar-refractivity contribution in [1.82, 2.24) is 5.32 Å². The molecule has 0 aromatic heterocycles. The van der Waals surface area contributed by atoms with Gasteiger partial charge in [0, 0.05) is 12.6 Å². The Morgan fingerprint density at radius 3 is 2.50 bits per heavy atom. The van der Waals surface area contributed by atoms with Crippen LogP contribution in [0.15, 0.2) is 18.2 Å². The molecule has 1 aromatic rings. The molecule has 2 atom stereocenters.